The molecule has 0 fully saturated rings. The van der Waals surface area contributed by atoms with Gasteiger partial charge >= 0.3 is 0 Å². The van der Waals surface area contributed by atoms with Crippen molar-refractivity contribution in [3.05, 3.63) is 11.1 Å². The van der Waals surface area contributed by atoms with Gasteiger partial charge in [-0.1, -0.05) is 13.8 Å². The molecule has 0 saturated carbocycles. The van der Waals surface area contributed by atoms with Crippen molar-refractivity contribution in [1.29, 1.82) is 0 Å². The molecule has 1 aromatic heterocycles. The zero-order valence-electron chi connectivity index (χ0n) is 9.24. The van der Waals surface area contributed by atoms with E-state index in [0.29, 0.717) is 17.7 Å². The molecule has 0 saturated heterocycles. The first-order valence-corrected chi connectivity index (χ1v) is 5.84. The van der Waals surface area contributed by atoms with Crippen LogP contribution in [-0.2, 0) is 9.53 Å². The highest BCUT2D eigenvalue weighted by Crippen LogP contribution is 2.21. The maximum atomic E-state index is 11.3. The highest BCUT2D eigenvalue weighted by Gasteiger charge is 2.08. The number of rotatable bonds is 5. The Morgan fingerprint density at radius 2 is 2.40 bits per heavy atom. The third kappa shape index (κ3) is 3.97. The number of nitrogens with one attached hydrogen (secondary N) is 1. The normalized spacial score (nSPS) is 10.7. The fourth-order valence-corrected chi connectivity index (χ4v) is 1.85. The SMILES string of the molecule is CCOCC(=O)Nc1nc(C(C)C)cs1. The van der Waals surface area contributed by atoms with E-state index in [-0.39, 0.29) is 12.5 Å². The number of anilines is 1. The first-order valence-electron chi connectivity index (χ1n) is 4.96. The largest absolute Gasteiger partial charge is 0.372 e. The molecule has 1 amide bonds. The van der Waals surface area contributed by atoms with E-state index in [9.17, 15) is 4.79 Å². The third-order valence-electron chi connectivity index (χ3n) is 1.80. The Morgan fingerprint density at radius 3 is 2.93 bits per heavy atom. The van der Waals surface area contributed by atoms with Crippen LogP contribution >= 0.6 is 11.3 Å². The molecule has 0 aliphatic rings. The number of hydrogen-bond acceptors (Lipinski definition) is 4. The number of carbonyl (C=O) groups excluding carboxylic acids is 1. The van der Waals surface area contributed by atoms with Crippen molar-refractivity contribution in [1.82, 2.24) is 4.98 Å². The van der Waals surface area contributed by atoms with E-state index >= 15 is 0 Å². The van der Waals surface area contributed by atoms with Crippen LogP contribution in [0, 0.1) is 0 Å². The molecule has 1 rings (SSSR count). The highest BCUT2D eigenvalue weighted by molar-refractivity contribution is 7.13. The van der Waals surface area contributed by atoms with E-state index in [1.807, 2.05) is 12.3 Å². The van der Waals surface area contributed by atoms with Gasteiger partial charge in [0.25, 0.3) is 5.91 Å². The predicted molar refractivity (Wildman–Crippen MR) is 61.3 cm³/mol. The molecule has 1 aromatic rings. The molecular formula is C10H16N2O2S. The summed E-state index contributed by atoms with van der Waals surface area (Å²) in [6, 6.07) is 0. The molecule has 0 radical (unpaired) electrons. The van der Waals surface area contributed by atoms with Crippen LogP contribution in [0.3, 0.4) is 0 Å². The summed E-state index contributed by atoms with van der Waals surface area (Å²) in [5.41, 5.74) is 1.01. The molecule has 0 aliphatic carbocycles. The molecule has 15 heavy (non-hydrogen) atoms. The van der Waals surface area contributed by atoms with Gasteiger partial charge in [0, 0.05) is 12.0 Å². The molecule has 0 unspecified atom stereocenters. The zero-order valence-corrected chi connectivity index (χ0v) is 10.1. The van der Waals surface area contributed by atoms with Crippen LogP contribution in [0.4, 0.5) is 5.13 Å². The molecule has 1 N–H and O–H groups in total. The quantitative estimate of drug-likeness (QED) is 0.841. The molecule has 84 valence electrons. The Kier molecular flexibility index (Phi) is 4.71. The van der Waals surface area contributed by atoms with Crippen molar-refractivity contribution in [3.63, 3.8) is 0 Å². The summed E-state index contributed by atoms with van der Waals surface area (Å²) in [5, 5.41) is 5.30. The van der Waals surface area contributed by atoms with E-state index in [1.54, 1.807) is 0 Å². The molecule has 4 nitrogen and oxygen atoms in total. The molecule has 0 aliphatic heterocycles. The van der Waals surface area contributed by atoms with Gasteiger partial charge in [-0.15, -0.1) is 11.3 Å². The van der Waals surface area contributed by atoms with Gasteiger partial charge in [-0.3, -0.25) is 10.1 Å². The van der Waals surface area contributed by atoms with Gasteiger partial charge < -0.3 is 4.74 Å². The maximum Gasteiger partial charge on any atom is 0.252 e. The predicted octanol–water partition coefficient (Wildman–Crippen LogP) is 2.24. The van der Waals surface area contributed by atoms with Gasteiger partial charge in [0.05, 0.1) is 5.69 Å². The second kappa shape index (κ2) is 5.82. The maximum absolute atomic E-state index is 11.3. The summed E-state index contributed by atoms with van der Waals surface area (Å²) in [6.07, 6.45) is 0. The molecule has 5 heteroatoms. The lowest BCUT2D eigenvalue weighted by Gasteiger charge is -2.01. The minimum Gasteiger partial charge on any atom is -0.372 e. The van der Waals surface area contributed by atoms with Crippen LogP contribution in [0.25, 0.3) is 0 Å². The van der Waals surface area contributed by atoms with Crippen LogP contribution in [-0.4, -0.2) is 24.1 Å². The lowest BCUT2D eigenvalue weighted by Crippen LogP contribution is -2.18. The van der Waals surface area contributed by atoms with Crippen LogP contribution < -0.4 is 5.32 Å². The smallest absolute Gasteiger partial charge is 0.252 e. The summed E-state index contributed by atoms with van der Waals surface area (Å²) in [7, 11) is 0. The molecule has 0 bridgehead atoms. The van der Waals surface area contributed by atoms with E-state index in [4.69, 9.17) is 4.74 Å². The van der Waals surface area contributed by atoms with E-state index in [2.05, 4.69) is 24.1 Å². The van der Waals surface area contributed by atoms with Gasteiger partial charge in [0.15, 0.2) is 5.13 Å². The summed E-state index contributed by atoms with van der Waals surface area (Å²) in [5.74, 6) is 0.236. The second-order valence-electron chi connectivity index (χ2n) is 3.42. The van der Waals surface area contributed by atoms with Crippen LogP contribution in [0.2, 0.25) is 0 Å². The zero-order chi connectivity index (χ0) is 11.3. The first-order chi connectivity index (χ1) is 7.13. The van der Waals surface area contributed by atoms with E-state index in [1.165, 1.54) is 11.3 Å². The van der Waals surface area contributed by atoms with Gasteiger partial charge in [0.1, 0.15) is 6.61 Å². The van der Waals surface area contributed by atoms with Crippen LogP contribution in [0.15, 0.2) is 5.38 Å². The Morgan fingerprint density at radius 1 is 1.67 bits per heavy atom. The van der Waals surface area contributed by atoms with Gasteiger partial charge in [-0.2, -0.15) is 0 Å². The van der Waals surface area contributed by atoms with Crippen molar-refractivity contribution in [2.45, 2.75) is 26.7 Å². The number of amides is 1. The average Bonchev–Trinajstić information content (AvgIpc) is 2.63. The summed E-state index contributed by atoms with van der Waals surface area (Å²) < 4.78 is 4.99. The van der Waals surface area contributed by atoms with Crippen molar-refractivity contribution in [2.75, 3.05) is 18.5 Å². The lowest BCUT2D eigenvalue weighted by atomic mass is 10.2. The molecule has 0 aromatic carbocycles. The number of aromatic nitrogens is 1. The number of nitrogens with zero attached hydrogens (tertiary/aromatic N) is 1. The molecule has 1 heterocycles. The Bertz CT molecular complexity index is 323. The number of thiazole rings is 1. The fraction of sp³-hybridized carbons (Fsp3) is 0.600. The summed E-state index contributed by atoms with van der Waals surface area (Å²) >= 11 is 1.44. The number of carbonyl (C=O) groups is 1. The van der Waals surface area contributed by atoms with Gasteiger partial charge in [-0.05, 0) is 12.8 Å². The van der Waals surface area contributed by atoms with Crippen molar-refractivity contribution < 1.29 is 9.53 Å². The Hall–Kier alpha value is -0.940. The standard InChI is InChI=1S/C10H16N2O2S/c1-4-14-5-9(13)12-10-11-8(6-15-10)7(2)3/h6-7H,4-5H2,1-3H3,(H,11,12,13). The summed E-state index contributed by atoms with van der Waals surface area (Å²) in [4.78, 5) is 15.6. The monoisotopic (exact) mass is 228 g/mol. The van der Waals surface area contributed by atoms with Crippen LogP contribution in [0.1, 0.15) is 32.4 Å². The average molecular weight is 228 g/mol. The number of ether oxygens (including phenoxy) is 1. The summed E-state index contributed by atoms with van der Waals surface area (Å²) in [6.45, 7) is 6.63. The van der Waals surface area contributed by atoms with E-state index in [0.717, 1.165) is 5.69 Å². The van der Waals surface area contributed by atoms with Crippen molar-refractivity contribution in [2.24, 2.45) is 0 Å². The van der Waals surface area contributed by atoms with Gasteiger partial charge in [-0.25, -0.2) is 4.98 Å². The second-order valence-corrected chi connectivity index (χ2v) is 4.28. The first kappa shape index (κ1) is 12.1. The lowest BCUT2D eigenvalue weighted by molar-refractivity contribution is -0.120. The van der Waals surface area contributed by atoms with Crippen molar-refractivity contribution >= 4 is 22.4 Å². The molecular weight excluding hydrogens is 212 g/mol. The van der Waals surface area contributed by atoms with Crippen LogP contribution in [0.5, 0.6) is 0 Å². The Balaban J connectivity index is 2.46. The van der Waals surface area contributed by atoms with E-state index < -0.39 is 0 Å². The fourth-order valence-electron chi connectivity index (χ4n) is 0.959. The molecule has 0 atom stereocenters. The highest BCUT2D eigenvalue weighted by atomic mass is 32.1. The molecule has 0 spiro atoms. The van der Waals surface area contributed by atoms with Gasteiger partial charge in [0.2, 0.25) is 0 Å². The Labute approximate surface area is 93.7 Å². The minimum atomic E-state index is -0.151. The minimum absolute atomic E-state index is 0.0904. The third-order valence-corrected chi connectivity index (χ3v) is 2.57. The van der Waals surface area contributed by atoms with Crippen molar-refractivity contribution in [3.8, 4) is 0 Å². The topological polar surface area (TPSA) is 51.2 Å². The number of hydrogen-bond donors (Lipinski definition) is 1.